The van der Waals surface area contributed by atoms with Gasteiger partial charge in [-0.05, 0) is 42.4 Å². The summed E-state index contributed by atoms with van der Waals surface area (Å²) in [6.07, 6.45) is 3.37. The lowest BCUT2D eigenvalue weighted by molar-refractivity contribution is -0.116. The minimum atomic E-state index is -0.0964. The van der Waals surface area contributed by atoms with E-state index in [2.05, 4.69) is 36.2 Å². The van der Waals surface area contributed by atoms with E-state index in [1.807, 2.05) is 42.5 Å². The maximum Gasteiger partial charge on any atom is 0.244 e. The average Bonchev–Trinajstić information content (AvgIpc) is 2.70. The highest BCUT2D eigenvalue weighted by molar-refractivity contribution is 5.91. The zero-order valence-corrected chi connectivity index (χ0v) is 15.8. The van der Waals surface area contributed by atoms with Crippen molar-refractivity contribution in [3.8, 4) is 5.75 Å². The summed E-state index contributed by atoms with van der Waals surface area (Å²) in [6.45, 7) is 6.73. The molecule has 0 unspecified atom stereocenters. The first-order chi connectivity index (χ1) is 12.7. The molecule has 0 aromatic heterocycles. The molecule has 0 saturated carbocycles. The van der Waals surface area contributed by atoms with Gasteiger partial charge in [0.05, 0.1) is 13.2 Å². The molecule has 0 aliphatic heterocycles. The number of amides is 1. The number of nitrogens with zero attached hydrogens (tertiary/aromatic N) is 1. The van der Waals surface area contributed by atoms with E-state index in [0.29, 0.717) is 6.54 Å². The Kier molecular flexibility index (Phi) is 7.90. The van der Waals surface area contributed by atoms with Crippen LogP contribution in [0.15, 0.2) is 60.7 Å². The van der Waals surface area contributed by atoms with Crippen LogP contribution in [0, 0.1) is 0 Å². The third kappa shape index (κ3) is 5.74. The Morgan fingerprint density at radius 2 is 1.85 bits per heavy atom. The first-order valence-corrected chi connectivity index (χ1v) is 9.06. The summed E-state index contributed by atoms with van der Waals surface area (Å²) >= 11 is 0. The second-order valence-corrected chi connectivity index (χ2v) is 6.00. The van der Waals surface area contributed by atoms with Crippen LogP contribution in [0.2, 0.25) is 0 Å². The van der Waals surface area contributed by atoms with Gasteiger partial charge in [0.15, 0.2) is 0 Å². The Morgan fingerprint density at radius 1 is 1.12 bits per heavy atom. The van der Waals surface area contributed by atoms with Gasteiger partial charge in [0.1, 0.15) is 5.75 Å². The molecular formula is C22H28N2O2. The zero-order chi connectivity index (χ0) is 18.8. The lowest BCUT2D eigenvalue weighted by Crippen LogP contribution is -2.37. The van der Waals surface area contributed by atoms with E-state index in [1.165, 1.54) is 5.56 Å². The number of rotatable bonds is 9. The van der Waals surface area contributed by atoms with Crippen molar-refractivity contribution in [2.75, 3.05) is 26.7 Å². The van der Waals surface area contributed by atoms with E-state index < -0.39 is 0 Å². The van der Waals surface area contributed by atoms with Gasteiger partial charge in [0.25, 0.3) is 0 Å². The van der Waals surface area contributed by atoms with E-state index in [-0.39, 0.29) is 11.9 Å². The Balaban J connectivity index is 2.01. The molecule has 2 aromatic carbocycles. The molecule has 0 heterocycles. The lowest BCUT2D eigenvalue weighted by Gasteiger charge is -2.30. The SMILES string of the molecule is CCN(CC)[C@H](CNC(=O)/C=C/c1cccc(OC)c1)c1ccccc1. The molecule has 2 rings (SSSR count). The van der Waals surface area contributed by atoms with Crippen molar-refractivity contribution in [3.05, 3.63) is 71.8 Å². The number of carbonyl (C=O) groups excluding carboxylic acids is 1. The van der Waals surface area contributed by atoms with E-state index in [4.69, 9.17) is 4.74 Å². The van der Waals surface area contributed by atoms with Crippen molar-refractivity contribution >= 4 is 12.0 Å². The summed E-state index contributed by atoms with van der Waals surface area (Å²) in [6, 6.07) is 18.1. The lowest BCUT2D eigenvalue weighted by atomic mass is 10.1. The molecule has 1 atom stereocenters. The molecule has 1 amide bonds. The summed E-state index contributed by atoms with van der Waals surface area (Å²) in [5.74, 6) is 0.680. The van der Waals surface area contributed by atoms with Gasteiger partial charge in [0.2, 0.25) is 5.91 Å². The summed E-state index contributed by atoms with van der Waals surface area (Å²) in [5.41, 5.74) is 2.15. The molecule has 0 fully saturated rings. The van der Waals surface area contributed by atoms with Crippen LogP contribution in [0.25, 0.3) is 6.08 Å². The van der Waals surface area contributed by atoms with Gasteiger partial charge in [-0.2, -0.15) is 0 Å². The molecule has 1 N–H and O–H groups in total. The number of benzene rings is 2. The summed E-state index contributed by atoms with van der Waals surface area (Å²) in [5, 5.41) is 3.03. The predicted molar refractivity (Wildman–Crippen MR) is 107 cm³/mol. The maximum absolute atomic E-state index is 12.3. The van der Waals surface area contributed by atoms with Gasteiger partial charge in [-0.15, -0.1) is 0 Å². The van der Waals surface area contributed by atoms with Gasteiger partial charge in [-0.1, -0.05) is 56.3 Å². The van der Waals surface area contributed by atoms with Crippen LogP contribution in [0.3, 0.4) is 0 Å². The smallest absolute Gasteiger partial charge is 0.244 e. The van der Waals surface area contributed by atoms with Gasteiger partial charge in [-0.3, -0.25) is 9.69 Å². The molecule has 2 aromatic rings. The third-order valence-corrected chi connectivity index (χ3v) is 4.43. The minimum absolute atomic E-state index is 0.0964. The second-order valence-electron chi connectivity index (χ2n) is 6.00. The molecular weight excluding hydrogens is 324 g/mol. The van der Waals surface area contributed by atoms with Crippen LogP contribution in [0.5, 0.6) is 5.75 Å². The Bertz CT molecular complexity index is 709. The molecule has 0 saturated heterocycles. The van der Waals surface area contributed by atoms with Crippen molar-refractivity contribution in [2.24, 2.45) is 0 Å². The fraction of sp³-hybridized carbons (Fsp3) is 0.318. The van der Waals surface area contributed by atoms with Gasteiger partial charge >= 0.3 is 0 Å². The highest BCUT2D eigenvalue weighted by atomic mass is 16.5. The number of hydrogen-bond acceptors (Lipinski definition) is 3. The van der Waals surface area contributed by atoms with Crippen molar-refractivity contribution in [1.82, 2.24) is 10.2 Å². The molecule has 26 heavy (non-hydrogen) atoms. The fourth-order valence-corrected chi connectivity index (χ4v) is 2.97. The molecule has 4 heteroatoms. The zero-order valence-electron chi connectivity index (χ0n) is 15.8. The number of hydrogen-bond donors (Lipinski definition) is 1. The summed E-state index contributed by atoms with van der Waals surface area (Å²) < 4.78 is 5.20. The van der Waals surface area contributed by atoms with E-state index in [9.17, 15) is 4.79 Å². The Hall–Kier alpha value is -2.59. The number of ether oxygens (including phenoxy) is 1. The highest BCUT2D eigenvalue weighted by Crippen LogP contribution is 2.19. The van der Waals surface area contributed by atoms with E-state index in [1.54, 1.807) is 19.3 Å². The molecule has 0 radical (unpaired) electrons. The average molecular weight is 352 g/mol. The van der Waals surface area contributed by atoms with Crippen LogP contribution in [-0.4, -0.2) is 37.6 Å². The van der Waals surface area contributed by atoms with E-state index in [0.717, 1.165) is 24.4 Å². The van der Waals surface area contributed by atoms with Crippen molar-refractivity contribution in [1.29, 1.82) is 0 Å². The summed E-state index contributed by atoms with van der Waals surface area (Å²) in [4.78, 5) is 14.6. The third-order valence-electron chi connectivity index (χ3n) is 4.43. The maximum atomic E-state index is 12.3. The molecule has 0 bridgehead atoms. The Labute approximate surface area is 156 Å². The van der Waals surface area contributed by atoms with Crippen molar-refractivity contribution < 1.29 is 9.53 Å². The first-order valence-electron chi connectivity index (χ1n) is 9.06. The number of nitrogens with one attached hydrogen (secondary N) is 1. The summed E-state index contributed by atoms with van der Waals surface area (Å²) in [7, 11) is 1.63. The fourth-order valence-electron chi connectivity index (χ4n) is 2.97. The number of carbonyl (C=O) groups is 1. The van der Waals surface area contributed by atoms with Crippen molar-refractivity contribution in [2.45, 2.75) is 19.9 Å². The van der Waals surface area contributed by atoms with Gasteiger partial charge < -0.3 is 10.1 Å². The number of methoxy groups -OCH3 is 1. The minimum Gasteiger partial charge on any atom is -0.497 e. The predicted octanol–water partition coefficient (Wildman–Crippen LogP) is 3.91. The molecule has 4 nitrogen and oxygen atoms in total. The Morgan fingerprint density at radius 3 is 2.50 bits per heavy atom. The molecule has 0 aliphatic rings. The van der Waals surface area contributed by atoms with Gasteiger partial charge in [0, 0.05) is 12.6 Å². The van der Waals surface area contributed by atoms with Crippen LogP contribution >= 0.6 is 0 Å². The standard InChI is InChI=1S/C22H28N2O2/c1-4-24(5-2)21(19-11-7-6-8-12-19)17-23-22(25)15-14-18-10-9-13-20(16-18)26-3/h6-16,21H,4-5,17H2,1-3H3,(H,23,25)/b15-14+/t21-/m1/s1. The largest absolute Gasteiger partial charge is 0.497 e. The normalized spacial score (nSPS) is 12.3. The van der Waals surface area contributed by atoms with Crippen LogP contribution in [0.1, 0.15) is 31.0 Å². The highest BCUT2D eigenvalue weighted by Gasteiger charge is 2.18. The van der Waals surface area contributed by atoms with E-state index >= 15 is 0 Å². The van der Waals surface area contributed by atoms with Gasteiger partial charge in [-0.25, -0.2) is 0 Å². The number of likely N-dealkylation sites (N-methyl/N-ethyl adjacent to an activating group) is 1. The van der Waals surface area contributed by atoms with Crippen LogP contribution in [-0.2, 0) is 4.79 Å². The first kappa shape index (κ1) is 19.7. The van der Waals surface area contributed by atoms with Crippen LogP contribution in [0.4, 0.5) is 0 Å². The molecule has 138 valence electrons. The molecule has 0 spiro atoms. The topological polar surface area (TPSA) is 41.6 Å². The second kappa shape index (κ2) is 10.4. The molecule has 0 aliphatic carbocycles. The van der Waals surface area contributed by atoms with Crippen LogP contribution < -0.4 is 10.1 Å². The quantitative estimate of drug-likeness (QED) is 0.696. The monoisotopic (exact) mass is 352 g/mol. The van der Waals surface area contributed by atoms with Crippen molar-refractivity contribution in [3.63, 3.8) is 0 Å².